The van der Waals surface area contributed by atoms with Crippen molar-refractivity contribution >= 4 is 6.03 Å². The van der Waals surface area contributed by atoms with Gasteiger partial charge < -0.3 is 15.0 Å². The first-order chi connectivity index (χ1) is 12.2. The zero-order chi connectivity index (χ0) is 17.6. The van der Waals surface area contributed by atoms with Crippen LogP contribution in [-0.2, 0) is 11.3 Å². The summed E-state index contributed by atoms with van der Waals surface area (Å²) >= 11 is 0. The van der Waals surface area contributed by atoms with E-state index in [1.165, 1.54) is 12.1 Å². The number of carbonyl (C=O) groups is 1. The van der Waals surface area contributed by atoms with Crippen LogP contribution in [0.25, 0.3) is 0 Å². The van der Waals surface area contributed by atoms with Gasteiger partial charge in [-0.2, -0.15) is 5.26 Å². The van der Waals surface area contributed by atoms with Crippen molar-refractivity contribution in [3.63, 3.8) is 0 Å². The Labute approximate surface area is 145 Å². The number of amides is 2. The van der Waals surface area contributed by atoms with Crippen LogP contribution in [0.3, 0.4) is 0 Å². The van der Waals surface area contributed by atoms with Crippen molar-refractivity contribution in [3.8, 4) is 6.07 Å². The third kappa shape index (κ3) is 4.34. The molecule has 0 unspecified atom stereocenters. The normalized spacial score (nSPS) is 17.0. The average molecular weight is 339 g/mol. The zero-order valence-corrected chi connectivity index (χ0v) is 13.6. The molecule has 1 aliphatic heterocycles. The van der Waals surface area contributed by atoms with Crippen LogP contribution in [0.15, 0.2) is 48.5 Å². The summed E-state index contributed by atoms with van der Waals surface area (Å²) in [7, 11) is 0. The quantitative estimate of drug-likeness (QED) is 0.935. The number of rotatable bonds is 3. The van der Waals surface area contributed by atoms with Crippen molar-refractivity contribution in [2.45, 2.75) is 12.6 Å². The number of hydrogen-bond acceptors (Lipinski definition) is 3. The van der Waals surface area contributed by atoms with E-state index in [2.05, 4.69) is 11.4 Å². The van der Waals surface area contributed by atoms with E-state index in [9.17, 15) is 9.18 Å². The van der Waals surface area contributed by atoms with Gasteiger partial charge in [0, 0.05) is 13.1 Å². The summed E-state index contributed by atoms with van der Waals surface area (Å²) in [5.41, 5.74) is 2.14. The van der Waals surface area contributed by atoms with Crippen LogP contribution in [0, 0.1) is 17.1 Å². The van der Waals surface area contributed by atoms with Crippen molar-refractivity contribution in [2.75, 3.05) is 19.7 Å². The van der Waals surface area contributed by atoms with Gasteiger partial charge in [-0.3, -0.25) is 0 Å². The van der Waals surface area contributed by atoms with E-state index < -0.39 is 0 Å². The monoisotopic (exact) mass is 339 g/mol. The van der Waals surface area contributed by atoms with Gasteiger partial charge in [0.1, 0.15) is 11.9 Å². The van der Waals surface area contributed by atoms with E-state index in [1.807, 2.05) is 6.07 Å². The predicted molar refractivity (Wildman–Crippen MR) is 90.1 cm³/mol. The summed E-state index contributed by atoms with van der Waals surface area (Å²) in [5.74, 6) is -0.319. The van der Waals surface area contributed by atoms with Crippen LogP contribution in [0.1, 0.15) is 22.8 Å². The number of nitrogens with zero attached hydrogens (tertiary/aromatic N) is 2. The van der Waals surface area contributed by atoms with Crippen LogP contribution in [-0.4, -0.2) is 30.6 Å². The molecule has 0 aromatic heterocycles. The Balaban J connectivity index is 1.59. The van der Waals surface area contributed by atoms with Gasteiger partial charge in [0.05, 0.1) is 24.8 Å². The second-order valence-electron chi connectivity index (χ2n) is 5.83. The van der Waals surface area contributed by atoms with Gasteiger partial charge in [-0.15, -0.1) is 0 Å². The minimum Gasteiger partial charge on any atom is -0.370 e. The number of hydrogen-bond donors (Lipinski definition) is 1. The number of ether oxygens (including phenoxy) is 1. The zero-order valence-electron chi connectivity index (χ0n) is 13.6. The number of halogens is 1. The van der Waals surface area contributed by atoms with Gasteiger partial charge in [0.25, 0.3) is 0 Å². The average Bonchev–Trinajstić information content (AvgIpc) is 2.66. The highest BCUT2D eigenvalue weighted by Gasteiger charge is 2.25. The van der Waals surface area contributed by atoms with Gasteiger partial charge in [-0.25, -0.2) is 9.18 Å². The second-order valence-corrected chi connectivity index (χ2v) is 5.83. The SMILES string of the molecule is N#Cc1cccc(CNC(=O)N2CCO[C@@H](c3cccc(F)c3)C2)c1. The Hall–Kier alpha value is -2.91. The molecule has 6 heteroatoms. The van der Waals surface area contributed by atoms with Gasteiger partial charge in [0.15, 0.2) is 0 Å². The van der Waals surface area contributed by atoms with Gasteiger partial charge in [-0.1, -0.05) is 24.3 Å². The molecule has 0 saturated carbocycles. The summed E-state index contributed by atoms with van der Waals surface area (Å²) in [6.07, 6.45) is -0.336. The van der Waals surface area contributed by atoms with Crippen molar-refractivity contribution < 1.29 is 13.9 Å². The molecule has 5 nitrogen and oxygen atoms in total. The molecule has 1 aliphatic rings. The molecule has 2 amide bonds. The molecule has 1 heterocycles. The van der Waals surface area contributed by atoms with E-state index in [0.29, 0.717) is 31.8 Å². The standard InChI is InChI=1S/C19H18FN3O2/c20-17-6-2-5-16(10-17)18-13-23(7-8-25-18)19(24)22-12-15-4-1-3-14(9-15)11-21/h1-6,9-10,18H,7-8,12-13H2,(H,22,24)/t18-/m1/s1. The van der Waals surface area contributed by atoms with E-state index in [4.69, 9.17) is 10.00 Å². The lowest BCUT2D eigenvalue weighted by Gasteiger charge is -2.33. The lowest BCUT2D eigenvalue weighted by molar-refractivity contribution is -0.0156. The lowest BCUT2D eigenvalue weighted by Crippen LogP contribution is -2.46. The topological polar surface area (TPSA) is 65.4 Å². The Kier molecular flexibility index (Phi) is 5.26. The summed E-state index contributed by atoms with van der Waals surface area (Å²) in [4.78, 5) is 14.0. The summed E-state index contributed by atoms with van der Waals surface area (Å²) in [5, 5.41) is 11.8. The smallest absolute Gasteiger partial charge is 0.317 e. The van der Waals surface area contributed by atoms with Gasteiger partial charge in [-0.05, 0) is 35.4 Å². The third-order valence-electron chi connectivity index (χ3n) is 4.07. The number of nitrogens with one attached hydrogen (secondary N) is 1. The maximum Gasteiger partial charge on any atom is 0.317 e. The van der Waals surface area contributed by atoms with Gasteiger partial charge in [0.2, 0.25) is 0 Å². The Bertz CT molecular complexity index is 803. The third-order valence-corrected chi connectivity index (χ3v) is 4.07. The number of morpholine rings is 1. The van der Waals surface area contributed by atoms with Crippen molar-refractivity contribution in [1.82, 2.24) is 10.2 Å². The highest BCUT2D eigenvalue weighted by atomic mass is 19.1. The Morgan fingerprint density at radius 1 is 1.32 bits per heavy atom. The minimum absolute atomic E-state index is 0.202. The van der Waals surface area contributed by atoms with E-state index in [-0.39, 0.29) is 18.0 Å². The highest BCUT2D eigenvalue weighted by Crippen LogP contribution is 2.22. The Morgan fingerprint density at radius 3 is 2.96 bits per heavy atom. The molecule has 0 spiro atoms. The molecular formula is C19H18FN3O2. The summed E-state index contributed by atoms with van der Waals surface area (Å²) < 4.78 is 19.0. The van der Waals surface area contributed by atoms with Crippen LogP contribution in [0.2, 0.25) is 0 Å². The van der Waals surface area contributed by atoms with Crippen molar-refractivity contribution in [2.24, 2.45) is 0 Å². The minimum atomic E-state index is -0.336. The van der Waals surface area contributed by atoms with Gasteiger partial charge >= 0.3 is 6.03 Å². The maximum absolute atomic E-state index is 13.4. The molecule has 1 N–H and O–H groups in total. The van der Waals surface area contributed by atoms with E-state index in [1.54, 1.807) is 35.2 Å². The number of carbonyl (C=O) groups excluding carboxylic acids is 1. The molecule has 2 aromatic rings. The fraction of sp³-hybridized carbons (Fsp3) is 0.263. The predicted octanol–water partition coefficient (Wildman–Crippen LogP) is 2.98. The molecule has 1 atom stereocenters. The molecule has 2 aromatic carbocycles. The first-order valence-corrected chi connectivity index (χ1v) is 8.04. The van der Waals surface area contributed by atoms with Crippen molar-refractivity contribution in [1.29, 1.82) is 5.26 Å². The van der Waals surface area contributed by atoms with Crippen LogP contribution in [0.4, 0.5) is 9.18 Å². The molecule has 0 bridgehead atoms. The highest BCUT2D eigenvalue weighted by molar-refractivity contribution is 5.74. The molecule has 1 fully saturated rings. The summed E-state index contributed by atoms with van der Waals surface area (Å²) in [6, 6.07) is 15.2. The molecule has 128 valence electrons. The van der Waals surface area contributed by atoms with Crippen LogP contribution < -0.4 is 5.32 Å². The molecule has 0 radical (unpaired) electrons. The molecule has 1 saturated heterocycles. The fourth-order valence-electron chi connectivity index (χ4n) is 2.78. The number of nitriles is 1. The van der Waals surface area contributed by atoms with Crippen LogP contribution >= 0.6 is 0 Å². The molecular weight excluding hydrogens is 321 g/mol. The molecule has 3 rings (SSSR count). The largest absolute Gasteiger partial charge is 0.370 e. The van der Waals surface area contributed by atoms with Crippen LogP contribution in [0.5, 0.6) is 0 Å². The first-order valence-electron chi connectivity index (χ1n) is 8.04. The Morgan fingerprint density at radius 2 is 2.16 bits per heavy atom. The fourth-order valence-corrected chi connectivity index (χ4v) is 2.78. The number of benzene rings is 2. The lowest BCUT2D eigenvalue weighted by atomic mass is 10.1. The van der Waals surface area contributed by atoms with E-state index >= 15 is 0 Å². The van der Waals surface area contributed by atoms with Crippen molar-refractivity contribution in [3.05, 3.63) is 71.0 Å². The number of urea groups is 1. The second kappa shape index (κ2) is 7.77. The van der Waals surface area contributed by atoms with E-state index in [0.717, 1.165) is 11.1 Å². The summed E-state index contributed by atoms with van der Waals surface area (Å²) in [6.45, 7) is 1.60. The maximum atomic E-state index is 13.4. The molecule has 25 heavy (non-hydrogen) atoms. The first kappa shape index (κ1) is 16.9. The molecule has 0 aliphatic carbocycles.